The average molecular weight is 323 g/mol. The molecule has 0 aliphatic heterocycles. The minimum atomic E-state index is -0.739. The smallest absolute Gasteiger partial charge is 0.142 e. The number of hydrogen-bond acceptors (Lipinski definition) is 4. The molecule has 2 heterocycles. The first-order valence-electron chi connectivity index (χ1n) is 7.31. The molecule has 4 rings (SSSR count). The van der Waals surface area contributed by atoms with E-state index in [-0.39, 0.29) is 22.5 Å². The number of fused-ring (bicyclic) bond motifs is 3. The third-order valence-electron chi connectivity index (χ3n) is 4.25. The highest BCUT2D eigenvalue weighted by molar-refractivity contribution is 5.86. The molecule has 0 saturated heterocycles. The number of pyridine rings is 1. The Morgan fingerprint density at radius 2 is 1.92 bits per heavy atom. The van der Waals surface area contributed by atoms with E-state index in [1.54, 1.807) is 6.20 Å². The Bertz CT molecular complexity index is 996. The number of nitrogen functional groups attached to an aromatic ring is 1. The van der Waals surface area contributed by atoms with Crippen LogP contribution >= 0.6 is 0 Å². The monoisotopic (exact) mass is 323 g/mol. The highest BCUT2D eigenvalue weighted by Crippen LogP contribution is 2.41. The van der Waals surface area contributed by atoms with E-state index in [2.05, 4.69) is 15.2 Å². The van der Waals surface area contributed by atoms with Crippen molar-refractivity contribution in [3.8, 4) is 28.5 Å². The number of rotatable bonds is 1. The van der Waals surface area contributed by atoms with Crippen LogP contribution < -0.4 is 5.73 Å². The van der Waals surface area contributed by atoms with Gasteiger partial charge in [-0.2, -0.15) is 10.4 Å². The molecule has 0 saturated carbocycles. The average Bonchev–Trinajstić information content (AvgIpc) is 3.03. The van der Waals surface area contributed by atoms with Crippen LogP contribution in [-0.4, -0.2) is 15.2 Å². The Morgan fingerprint density at radius 1 is 1.17 bits per heavy atom. The fourth-order valence-corrected chi connectivity index (χ4v) is 3.19. The number of benzene rings is 1. The van der Waals surface area contributed by atoms with Gasteiger partial charge in [-0.1, -0.05) is 6.07 Å². The minimum Gasteiger partial charge on any atom is -0.383 e. The van der Waals surface area contributed by atoms with Gasteiger partial charge in [-0.15, -0.1) is 0 Å². The summed E-state index contributed by atoms with van der Waals surface area (Å²) in [5.74, 6) is -1.53. The van der Waals surface area contributed by atoms with Crippen LogP contribution in [0.5, 0.6) is 0 Å². The Kier molecular flexibility index (Phi) is 3.06. The van der Waals surface area contributed by atoms with Gasteiger partial charge in [-0.05, 0) is 30.5 Å². The summed E-state index contributed by atoms with van der Waals surface area (Å²) in [6.07, 6.45) is 2.70. The Balaban J connectivity index is 2.14. The quantitative estimate of drug-likeness (QED) is 0.720. The molecular formula is C17H11F2N5. The number of aryl methyl sites for hydroxylation is 1. The SMILES string of the molecule is N#Cc1c(N)nc2c(c1-c1c(F)cccc1F)CCc1[nH]ncc1-2. The second-order valence-electron chi connectivity index (χ2n) is 5.54. The summed E-state index contributed by atoms with van der Waals surface area (Å²) in [6, 6.07) is 5.55. The van der Waals surface area contributed by atoms with Crippen LogP contribution in [0.25, 0.3) is 22.4 Å². The number of H-pyrrole nitrogens is 1. The molecule has 0 radical (unpaired) electrons. The van der Waals surface area contributed by atoms with Crippen LogP contribution in [0.15, 0.2) is 24.4 Å². The van der Waals surface area contributed by atoms with Crippen LogP contribution in [0.4, 0.5) is 14.6 Å². The number of aromatic amines is 1. The summed E-state index contributed by atoms with van der Waals surface area (Å²) in [5, 5.41) is 16.3. The molecule has 3 N–H and O–H groups in total. The van der Waals surface area contributed by atoms with Crippen molar-refractivity contribution < 1.29 is 8.78 Å². The second-order valence-corrected chi connectivity index (χ2v) is 5.54. The fraction of sp³-hybridized carbons (Fsp3) is 0.118. The number of halogens is 2. The third-order valence-corrected chi connectivity index (χ3v) is 4.25. The van der Waals surface area contributed by atoms with Gasteiger partial charge in [0.05, 0.1) is 17.5 Å². The summed E-state index contributed by atoms with van der Waals surface area (Å²) in [7, 11) is 0. The predicted molar refractivity (Wildman–Crippen MR) is 83.7 cm³/mol. The lowest BCUT2D eigenvalue weighted by atomic mass is 9.85. The van der Waals surface area contributed by atoms with Gasteiger partial charge in [0, 0.05) is 16.8 Å². The molecule has 1 aliphatic rings. The molecule has 7 heteroatoms. The van der Waals surface area contributed by atoms with Gasteiger partial charge in [-0.3, -0.25) is 5.10 Å². The summed E-state index contributed by atoms with van der Waals surface area (Å²) in [6.45, 7) is 0. The molecule has 5 nitrogen and oxygen atoms in total. The van der Waals surface area contributed by atoms with Gasteiger partial charge < -0.3 is 5.73 Å². The normalized spacial score (nSPS) is 12.4. The number of nitrogens with two attached hydrogens (primary N) is 1. The van der Waals surface area contributed by atoms with Crippen LogP contribution in [0, 0.1) is 23.0 Å². The number of aromatic nitrogens is 3. The molecule has 118 valence electrons. The van der Waals surface area contributed by atoms with Crippen molar-refractivity contribution in [2.45, 2.75) is 12.8 Å². The Hall–Kier alpha value is -3.27. The third kappa shape index (κ3) is 1.90. The highest BCUT2D eigenvalue weighted by atomic mass is 19.1. The van der Waals surface area contributed by atoms with E-state index >= 15 is 0 Å². The maximum atomic E-state index is 14.4. The summed E-state index contributed by atoms with van der Waals surface area (Å²) < 4.78 is 28.7. The number of anilines is 1. The highest BCUT2D eigenvalue weighted by Gasteiger charge is 2.28. The maximum Gasteiger partial charge on any atom is 0.142 e. The molecule has 24 heavy (non-hydrogen) atoms. The van der Waals surface area contributed by atoms with Crippen molar-refractivity contribution in [2.24, 2.45) is 0 Å². The number of nitrogens with one attached hydrogen (secondary N) is 1. The van der Waals surface area contributed by atoms with Crippen molar-refractivity contribution in [2.75, 3.05) is 5.73 Å². The zero-order chi connectivity index (χ0) is 16.8. The first kappa shape index (κ1) is 14.3. The molecule has 2 aromatic heterocycles. The Morgan fingerprint density at radius 3 is 2.62 bits per heavy atom. The van der Waals surface area contributed by atoms with Crippen LogP contribution in [0.1, 0.15) is 16.8 Å². The molecule has 3 aromatic rings. The zero-order valence-electron chi connectivity index (χ0n) is 12.4. The van der Waals surface area contributed by atoms with Gasteiger partial charge in [0.15, 0.2) is 0 Å². The molecule has 1 aliphatic carbocycles. The van der Waals surface area contributed by atoms with E-state index in [0.717, 1.165) is 23.4 Å². The van der Waals surface area contributed by atoms with Crippen molar-refractivity contribution in [3.05, 3.63) is 52.9 Å². The molecule has 1 aromatic carbocycles. The fourth-order valence-electron chi connectivity index (χ4n) is 3.19. The predicted octanol–water partition coefficient (Wildman–Crippen LogP) is 2.97. The van der Waals surface area contributed by atoms with Crippen molar-refractivity contribution in [1.29, 1.82) is 5.26 Å². The topological polar surface area (TPSA) is 91.4 Å². The molecule has 0 unspecified atom stereocenters. The van der Waals surface area contributed by atoms with Crippen molar-refractivity contribution in [3.63, 3.8) is 0 Å². The number of nitriles is 1. The standard InChI is InChI=1S/C17H11F2N5/c18-11-2-1-3-12(19)15(11)14-8-4-5-13-10(7-22-24-13)16(8)23-17(21)9(14)6-20/h1-3,7H,4-5H2,(H2,21,23)(H,22,24). The van der Waals surface area contributed by atoms with Gasteiger partial charge in [0.25, 0.3) is 0 Å². The van der Waals surface area contributed by atoms with E-state index in [0.29, 0.717) is 24.1 Å². The van der Waals surface area contributed by atoms with Crippen molar-refractivity contribution in [1.82, 2.24) is 15.2 Å². The van der Waals surface area contributed by atoms with E-state index < -0.39 is 11.6 Å². The molecule has 0 spiro atoms. The molecule has 0 amide bonds. The van der Waals surface area contributed by atoms with Gasteiger partial charge in [-0.25, -0.2) is 13.8 Å². The number of hydrogen-bond donors (Lipinski definition) is 2. The van der Waals surface area contributed by atoms with Crippen LogP contribution in [0.3, 0.4) is 0 Å². The lowest BCUT2D eigenvalue weighted by molar-refractivity contribution is 0.589. The van der Waals surface area contributed by atoms with E-state index in [9.17, 15) is 14.0 Å². The zero-order valence-corrected chi connectivity index (χ0v) is 12.4. The molecule has 0 bridgehead atoms. The van der Waals surface area contributed by atoms with Gasteiger partial charge >= 0.3 is 0 Å². The van der Waals surface area contributed by atoms with Crippen molar-refractivity contribution >= 4 is 5.82 Å². The minimum absolute atomic E-state index is 0.00954. The Labute approximate surface area is 135 Å². The summed E-state index contributed by atoms with van der Waals surface area (Å²) in [5.41, 5.74) is 8.59. The van der Waals surface area contributed by atoms with E-state index in [1.165, 1.54) is 6.07 Å². The van der Waals surface area contributed by atoms with Gasteiger partial charge in [0.2, 0.25) is 0 Å². The summed E-state index contributed by atoms with van der Waals surface area (Å²) >= 11 is 0. The second kappa shape index (κ2) is 5.13. The molecule has 0 fully saturated rings. The largest absolute Gasteiger partial charge is 0.383 e. The first-order chi connectivity index (χ1) is 11.6. The first-order valence-corrected chi connectivity index (χ1v) is 7.31. The van der Waals surface area contributed by atoms with Gasteiger partial charge in [0.1, 0.15) is 29.1 Å². The van der Waals surface area contributed by atoms with Crippen LogP contribution in [-0.2, 0) is 12.8 Å². The summed E-state index contributed by atoms with van der Waals surface area (Å²) in [4.78, 5) is 4.29. The van der Waals surface area contributed by atoms with E-state index in [4.69, 9.17) is 5.73 Å². The molecular weight excluding hydrogens is 312 g/mol. The van der Waals surface area contributed by atoms with E-state index in [1.807, 2.05) is 6.07 Å². The maximum absolute atomic E-state index is 14.4. The lowest BCUT2D eigenvalue weighted by Gasteiger charge is -2.21. The molecule has 0 atom stereocenters. The van der Waals surface area contributed by atoms with Crippen LogP contribution in [0.2, 0.25) is 0 Å². The number of nitrogens with zero attached hydrogens (tertiary/aromatic N) is 3. The lowest BCUT2D eigenvalue weighted by Crippen LogP contribution is -2.12.